The van der Waals surface area contributed by atoms with Crippen LogP contribution < -0.4 is 5.32 Å². The van der Waals surface area contributed by atoms with Crippen molar-refractivity contribution in [1.82, 2.24) is 20.0 Å². The Morgan fingerprint density at radius 3 is 2.52 bits per heavy atom. The van der Waals surface area contributed by atoms with Crippen molar-refractivity contribution in [3.05, 3.63) is 76.1 Å². The molecule has 1 aliphatic rings. The van der Waals surface area contributed by atoms with Gasteiger partial charge in [-0.15, -0.1) is 0 Å². The van der Waals surface area contributed by atoms with Gasteiger partial charge in [0.25, 0.3) is 5.91 Å². The zero-order valence-electron chi connectivity index (χ0n) is 24.2. The van der Waals surface area contributed by atoms with Crippen LogP contribution in [0.25, 0.3) is 22.3 Å². The van der Waals surface area contributed by atoms with Gasteiger partial charge in [-0.2, -0.15) is 10.4 Å². The third-order valence-corrected chi connectivity index (χ3v) is 7.53. The van der Waals surface area contributed by atoms with Gasteiger partial charge in [0.15, 0.2) is 0 Å². The fourth-order valence-electron chi connectivity index (χ4n) is 5.07. The number of ether oxygens (including phenoxy) is 1. The summed E-state index contributed by atoms with van der Waals surface area (Å²) in [5.74, 6) is 0.718. The van der Waals surface area contributed by atoms with Gasteiger partial charge in [0, 0.05) is 46.9 Å². The number of nitrogens with zero attached hydrogens (tertiary/aromatic N) is 4. The van der Waals surface area contributed by atoms with Gasteiger partial charge >= 0.3 is 6.09 Å². The minimum absolute atomic E-state index is 0.233. The third kappa shape index (κ3) is 6.77. The Hall–Kier alpha value is -4.29. The second-order valence-corrected chi connectivity index (χ2v) is 12.2. The van der Waals surface area contributed by atoms with Crippen LogP contribution in [0.4, 0.5) is 4.79 Å². The number of carbonyl (C=O) groups is 2. The van der Waals surface area contributed by atoms with Gasteiger partial charge in [-0.05, 0) is 95.0 Å². The molecule has 0 atom stereocenters. The maximum atomic E-state index is 13.0. The van der Waals surface area contributed by atoms with E-state index >= 15 is 0 Å². The molecular weight excluding hydrogens is 554 g/mol. The molecular formula is C32H34ClN5O4. The summed E-state index contributed by atoms with van der Waals surface area (Å²) in [6, 6.07) is 16.7. The standard InChI is InChI=1S/C32H34ClN5O4/c1-20-13-27(30(39)35-18-22-9-11-37(12-10-22)31(40)42-32(2,3)4)36-38(20)19-25-15-26(33)14-24-16-28(41-29(24)25)23-7-5-21(17-34)6-8-23/h5-8,13-16,22H,9-12,18-19H2,1-4H3,(H,35,39). The lowest BCUT2D eigenvalue weighted by atomic mass is 9.97. The van der Waals surface area contributed by atoms with E-state index in [9.17, 15) is 9.59 Å². The predicted octanol–water partition coefficient (Wildman–Crippen LogP) is 6.56. The number of nitrogens with one attached hydrogen (secondary N) is 1. The SMILES string of the molecule is Cc1cc(C(=O)NCC2CCN(C(=O)OC(C)(C)C)CC2)nn1Cc1cc(Cl)cc2cc(-c3ccc(C#N)cc3)oc12. The van der Waals surface area contributed by atoms with E-state index in [1.807, 2.05) is 58.0 Å². The van der Waals surface area contributed by atoms with Crippen LogP contribution in [0.1, 0.15) is 60.9 Å². The first-order chi connectivity index (χ1) is 20.0. The van der Waals surface area contributed by atoms with Gasteiger partial charge in [-0.1, -0.05) is 11.6 Å². The highest BCUT2D eigenvalue weighted by Gasteiger charge is 2.27. The molecule has 2 aromatic carbocycles. The quantitative estimate of drug-likeness (QED) is 0.273. The summed E-state index contributed by atoms with van der Waals surface area (Å²) in [5, 5.41) is 18.1. The van der Waals surface area contributed by atoms with E-state index in [0.717, 1.165) is 35.0 Å². The maximum Gasteiger partial charge on any atom is 0.410 e. The van der Waals surface area contributed by atoms with Crippen molar-refractivity contribution in [3.8, 4) is 17.4 Å². The van der Waals surface area contributed by atoms with E-state index in [2.05, 4.69) is 16.5 Å². The molecule has 3 heterocycles. The molecule has 0 spiro atoms. The Labute approximate surface area is 250 Å². The molecule has 2 amide bonds. The number of piperidine rings is 1. The molecule has 0 aliphatic carbocycles. The minimum atomic E-state index is -0.519. The molecule has 1 saturated heterocycles. The Kier molecular flexibility index (Phi) is 8.28. The summed E-state index contributed by atoms with van der Waals surface area (Å²) in [4.78, 5) is 27.0. The van der Waals surface area contributed by atoms with Gasteiger partial charge in [0.1, 0.15) is 22.6 Å². The Bertz CT molecular complexity index is 1650. The van der Waals surface area contributed by atoms with E-state index < -0.39 is 5.60 Å². The monoisotopic (exact) mass is 587 g/mol. The molecule has 0 saturated carbocycles. The third-order valence-electron chi connectivity index (χ3n) is 7.31. The van der Waals surface area contributed by atoms with E-state index in [1.165, 1.54) is 0 Å². The number of aryl methyl sites for hydroxylation is 1. The molecule has 1 aliphatic heterocycles. The Balaban J connectivity index is 1.23. The molecule has 218 valence electrons. The van der Waals surface area contributed by atoms with E-state index in [1.54, 1.807) is 27.8 Å². The van der Waals surface area contributed by atoms with Crippen molar-refractivity contribution >= 4 is 34.6 Å². The molecule has 1 N–H and O–H groups in total. The second-order valence-electron chi connectivity index (χ2n) is 11.7. The van der Waals surface area contributed by atoms with Crippen LogP contribution in [-0.2, 0) is 11.3 Å². The molecule has 4 aromatic rings. The molecule has 0 radical (unpaired) electrons. The topological polar surface area (TPSA) is 113 Å². The molecule has 0 bridgehead atoms. The van der Waals surface area contributed by atoms with Crippen molar-refractivity contribution in [1.29, 1.82) is 5.26 Å². The fourth-order valence-corrected chi connectivity index (χ4v) is 5.32. The van der Waals surface area contributed by atoms with Crippen LogP contribution in [0, 0.1) is 24.2 Å². The van der Waals surface area contributed by atoms with Gasteiger partial charge in [0.2, 0.25) is 0 Å². The zero-order chi connectivity index (χ0) is 30.0. The highest BCUT2D eigenvalue weighted by atomic mass is 35.5. The van der Waals surface area contributed by atoms with Gasteiger partial charge in [-0.3, -0.25) is 9.48 Å². The number of fused-ring (bicyclic) bond motifs is 1. The van der Waals surface area contributed by atoms with Gasteiger partial charge in [-0.25, -0.2) is 4.79 Å². The summed E-state index contributed by atoms with van der Waals surface area (Å²) in [6.07, 6.45) is 1.31. The van der Waals surface area contributed by atoms with Crippen LogP contribution in [0.5, 0.6) is 0 Å². The average molecular weight is 588 g/mol. The number of likely N-dealkylation sites (tertiary alicyclic amines) is 1. The Morgan fingerprint density at radius 2 is 1.86 bits per heavy atom. The number of halogens is 1. The zero-order valence-corrected chi connectivity index (χ0v) is 25.0. The summed E-state index contributed by atoms with van der Waals surface area (Å²) in [7, 11) is 0. The smallest absolute Gasteiger partial charge is 0.410 e. The van der Waals surface area contributed by atoms with Crippen LogP contribution >= 0.6 is 11.6 Å². The lowest BCUT2D eigenvalue weighted by molar-refractivity contribution is 0.0183. The van der Waals surface area contributed by atoms with Crippen molar-refractivity contribution in [2.45, 2.75) is 52.7 Å². The van der Waals surface area contributed by atoms with E-state index in [0.29, 0.717) is 53.8 Å². The van der Waals surface area contributed by atoms with E-state index in [-0.39, 0.29) is 17.9 Å². The normalized spacial score (nSPS) is 14.1. The highest BCUT2D eigenvalue weighted by Crippen LogP contribution is 2.33. The number of furan rings is 1. The molecule has 10 heteroatoms. The Morgan fingerprint density at radius 1 is 1.14 bits per heavy atom. The molecule has 0 unspecified atom stereocenters. The van der Waals surface area contributed by atoms with Crippen LogP contribution in [0.3, 0.4) is 0 Å². The summed E-state index contributed by atoms with van der Waals surface area (Å²) in [6.45, 7) is 9.59. The number of hydrogen-bond donors (Lipinski definition) is 1. The number of hydrogen-bond acceptors (Lipinski definition) is 6. The number of aromatic nitrogens is 2. The predicted molar refractivity (Wildman–Crippen MR) is 160 cm³/mol. The van der Waals surface area contributed by atoms with E-state index in [4.69, 9.17) is 26.0 Å². The summed E-state index contributed by atoms with van der Waals surface area (Å²) in [5.41, 5.74) is 3.63. The van der Waals surface area contributed by atoms with Gasteiger partial charge in [0.05, 0.1) is 18.2 Å². The van der Waals surface area contributed by atoms with Crippen LogP contribution in [0.15, 0.2) is 52.9 Å². The van der Waals surface area contributed by atoms with Crippen molar-refractivity contribution in [3.63, 3.8) is 0 Å². The number of benzene rings is 2. The number of amides is 2. The highest BCUT2D eigenvalue weighted by molar-refractivity contribution is 6.31. The molecule has 2 aromatic heterocycles. The lowest BCUT2D eigenvalue weighted by Crippen LogP contribution is -2.43. The number of rotatable bonds is 6. The number of nitriles is 1. The molecule has 5 rings (SSSR count). The largest absolute Gasteiger partial charge is 0.456 e. The first-order valence-electron chi connectivity index (χ1n) is 14.0. The number of carbonyl (C=O) groups excluding carboxylic acids is 2. The fraction of sp³-hybridized carbons (Fsp3) is 0.375. The van der Waals surface area contributed by atoms with Crippen molar-refractivity contribution in [2.75, 3.05) is 19.6 Å². The minimum Gasteiger partial charge on any atom is -0.456 e. The maximum absolute atomic E-state index is 13.0. The average Bonchev–Trinajstić information content (AvgIpc) is 3.54. The summed E-state index contributed by atoms with van der Waals surface area (Å²) >= 11 is 6.45. The summed E-state index contributed by atoms with van der Waals surface area (Å²) < 4.78 is 13.5. The molecule has 1 fully saturated rings. The second kappa shape index (κ2) is 11.9. The van der Waals surface area contributed by atoms with Crippen molar-refractivity contribution < 1.29 is 18.7 Å². The van der Waals surface area contributed by atoms with Crippen molar-refractivity contribution in [2.24, 2.45) is 5.92 Å². The van der Waals surface area contributed by atoms with Crippen LogP contribution in [0.2, 0.25) is 5.02 Å². The molecule has 42 heavy (non-hydrogen) atoms. The van der Waals surface area contributed by atoms with Crippen LogP contribution in [-0.4, -0.2) is 51.9 Å². The lowest BCUT2D eigenvalue weighted by Gasteiger charge is -2.33. The first kappa shape index (κ1) is 29.2. The molecule has 9 nitrogen and oxygen atoms in total. The first-order valence-corrected chi connectivity index (χ1v) is 14.4. The van der Waals surface area contributed by atoms with Gasteiger partial charge < -0.3 is 19.4 Å².